The number of hydrogen-bond donors (Lipinski definition) is 1. The van der Waals surface area contributed by atoms with E-state index >= 15 is 0 Å². The van der Waals surface area contributed by atoms with Crippen molar-refractivity contribution in [1.82, 2.24) is 14.9 Å². The Bertz CT molecular complexity index is 559. The van der Waals surface area contributed by atoms with E-state index in [1.807, 2.05) is 6.20 Å². The molecule has 2 aromatic heterocycles. The molecule has 1 N–H and O–H groups in total. The molecule has 94 valence electrons. The fourth-order valence-electron chi connectivity index (χ4n) is 2.49. The number of carbonyl (C=O) groups excluding carboxylic acids is 1. The first-order chi connectivity index (χ1) is 8.79. The van der Waals surface area contributed by atoms with Crippen LogP contribution in [0.25, 0.3) is 11.3 Å². The van der Waals surface area contributed by atoms with Gasteiger partial charge in [0.15, 0.2) is 0 Å². The molecule has 4 nitrogen and oxygen atoms in total. The van der Waals surface area contributed by atoms with Crippen LogP contribution in [-0.2, 0) is 17.8 Å². The van der Waals surface area contributed by atoms with Crippen LogP contribution in [0.5, 0.6) is 0 Å². The van der Waals surface area contributed by atoms with Gasteiger partial charge in [0.05, 0.1) is 17.8 Å². The Morgan fingerprint density at radius 1 is 1.61 bits per heavy atom. The van der Waals surface area contributed by atoms with Gasteiger partial charge < -0.3 is 9.88 Å². The monoisotopic (exact) mass is 261 g/mol. The standard InChI is InChI=1S/C13H15N3OS/c1-14-13(17)9-2-3-12-15-6-11(16(12)7-9)10-4-5-18-8-10/h4-6,8-9H,2-3,7H2,1H3,(H,14,17). The van der Waals surface area contributed by atoms with Crippen LogP contribution in [0.4, 0.5) is 0 Å². The highest BCUT2D eigenvalue weighted by molar-refractivity contribution is 7.08. The molecule has 1 amide bonds. The first kappa shape index (κ1) is 11.5. The first-order valence-corrected chi connectivity index (χ1v) is 7.02. The fourth-order valence-corrected chi connectivity index (χ4v) is 3.14. The lowest BCUT2D eigenvalue weighted by molar-refractivity contribution is -0.125. The molecule has 2 aromatic rings. The molecule has 1 aliphatic rings. The molecule has 0 fully saturated rings. The molecular formula is C13H15N3OS. The summed E-state index contributed by atoms with van der Waals surface area (Å²) in [5.74, 6) is 1.29. The minimum absolute atomic E-state index is 0.0640. The summed E-state index contributed by atoms with van der Waals surface area (Å²) in [5, 5.41) is 6.92. The predicted octanol–water partition coefficient (Wildman–Crippen LogP) is 1.92. The summed E-state index contributed by atoms with van der Waals surface area (Å²) in [6, 6.07) is 2.10. The third-order valence-corrected chi connectivity index (χ3v) is 4.17. The topological polar surface area (TPSA) is 46.9 Å². The van der Waals surface area contributed by atoms with Gasteiger partial charge in [0, 0.05) is 31.0 Å². The molecule has 1 unspecified atom stereocenters. The fraction of sp³-hybridized carbons (Fsp3) is 0.385. The smallest absolute Gasteiger partial charge is 0.224 e. The number of imidazole rings is 1. The van der Waals surface area contributed by atoms with Gasteiger partial charge in [-0.25, -0.2) is 4.98 Å². The highest BCUT2D eigenvalue weighted by Crippen LogP contribution is 2.28. The number of rotatable bonds is 2. The van der Waals surface area contributed by atoms with Crippen LogP contribution < -0.4 is 5.32 Å². The summed E-state index contributed by atoms with van der Waals surface area (Å²) in [6.07, 6.45) is 3.69. The van der Waals surface area contributed by atoms with Crippen LogP contribution in [-0.4, -0.2) is 22.5 Å². The summed E-state index contributed by atoms with van der Waals surface area (Å²) in [4.78, 5) is 16.2. The van der Waals surface area contributed by atoms with Gasteiger partial charge in [0.1, 0.15) is 5.82 Å². The molecule has 0 spiro atoms. The van der Waals surface area contributed by atoms with E-state index in [9.17, 15) is 4.79 Å². The van der Waals surface area contributed by atoms with Crippen LogP contribution in [0, 0.1) is 5.92 Å². The van der Waals surface area contributed by atoms with Crippen molar-refractivity contribution >= 4 is 17.2 Å². The number of hydrogen-bond acceptors (Lipinski definition) is 3. The van der Waals surface area contributed by atoms with Gasteiger partial charge in [-0.1, -0.05) is 0 Å². The minimum atomic E-state index is 0.0640. The van der Waals surface area contributed by atoms with Crippen LogP contribution in [0.2, 0.25) is 0 Å². The van der Waals surface area contributed by atoms with E-state index in [-0.39, 0.29) is 11.8 Å². The van der Waals surface area contributed by atoms with Crippen LogP contribution >= 0.6 is 11.3 Å². The number of thiophene rings is 1. The normalized spacial score (nSPS) is 18.4. The number of nitrogens with one attached hydrogen (secondary N) is 1. The van der Waals surface area contributed by atoms with Crippen molar-refractivity contribution in [3.63, 3.8) is 0 Å². The summed E-state index contributed by atoms with van der Waals surface area (Å²) in [5.41, 5.74) is 2.32. The first-order valence-electron chi connectivity index (χ1n) is 6.08. The molecular weight excluding hydrogens is 246 g/mol. The molecule has 18 heavy (non-hydrogen) atoms. The second-order valence-electron chi connectivity index (χ2n) is 4.53. The molecule has 1 atom stereocenters. The number of amides is 1. The van der Waals surface area contributed by atoms with Gasteiger partial charge in [0.2, 0.25) is 5.91 Å². The lowest BCUT2D eigenvalue weighted by atomic mass is 9.98. The van der Waals surface area contributed by atoms with Crippen LogP contribution in [0.3, 0.4) is 0 Å². The lowest BCUT2D eigenvalue weighted by Gasteiger charge is -2.23. The average molecular weight is 261 g/mol. The minimum Gasteiger partial charge on any atom is -0.359 e. The third kappa shape index (κ3) is 1.84. The van der Waals surface area contributed by atoms with Gasteiger partial charge >= 0.3 is 0 Å². The lowest BCUT2D eigenvalue weighted by Crippen LogP contribution is -2.34. The molecule has 3 rings (SSSR count). The third-order valence-electron chi connectivity index (χ3n) is 3.49. The van der Waals surface area contributed by atoms with Gasteiger partial charge in [0.25, 0.3) is 0 Å². The number of nitrogens with zero attached hydrogens (tertiary/aromatic N) is 2. The Balaban J connectivity index is 1.94. The van der Waals surface area contributed by atoms with Crippen molar-refractivity contribution in [3.8, 4) is 11.3 Å². The Labute approximate surface area is 110 Å². The molecule has 1 aliphatic heterocycles. The molecule has 5 heteroatoms. The number of carbonyl (C=O) groups is 1. The summed E-state index contributed by atoms with van der Waals surface area (Å²) < 4.78 is 2.19. The van der Waals surface area contributed by atoms with E-state index in [1.165, 1.54) is 5.56 Å². The van der Waals surface area contributed by atoms with Gasteiger partial charge in [-0.3, -0.25) is 4.79 Å². The maximum Gasteiger partial charge on any atom is 0.224 e. The molecule has 0 aromatic carbocycles. The molecule has 0 radical (unpaired) electrons. The quantitative estimate of drug-likeness (QED) is 0.897. The molecule has 0 bridgehead atoms. The van der Waals surface area contributed by atoms with E-state index < -0.39 is 0 Å². The Hall–Kier alpha value is -1.62. The zero-order valence-electron chi connectivity index (χ0n) is 10.2. The van der Waals surface area contributed by atoms with E-state index in [2.05, 4.69) is 31.7 Å². The maximum absolute atomic E-state index is 11.8. The Kier molecular flexibility index (Phi) is 2.91. The van der Waals surface area contributed by atoms with Gasteiger partial charge in [-0.2, -0.15) is 11.3 Å². The second-order valence-corrected chi connectivity index (χ2v) is 5.31. The average Bonchev–Trinajstić information content (AvgIpc) is 3.05. The predicted molar refractivity (Wildman–Crippen MR) is 71.4 cm³/mol. The highest BCUT2D eigenvalue weighted by atomic mass is 32.1. The SMILES string of the molecule is CNC(=O)C1CCc2ncc(-c3ccsc3)n2C1. The molecule has 0 saturated heterocycles. The molecule has 3 heterocycles. The summed E-state index contributed by atoms with van der Waals surface area (Å²) in [7, 11) is 1.70. The molecule has 0 saturated carbocycles. The van der Waals surface area contributed by atoms with Gasteiger partial charge in [-0.05, 0) is 17.9 Å². The van der Waals surface area contributed by atoms with Crippen molar-refractivity contribution in [2.75, 3.05) is 7.05 Å². The van der Waals surface area contributed by atoms with E-state index in [0.29, 0.717) is 0 Å². The van der Waals surface area contributed by atoms with E-state index in [0.717, 1.165) is 30.9 Å². The summed E-state index contributed by atoms with van der Waals surface area (Å²) >= 11 is 1.68. The highest BCUT2D eigenvalue weighted by Gasteiger charge is 2.26. The van der Waals surface area contributed by atoms with Crippen molar-refractivity contribution in [2.45, 2.75) is 19.4 Å². The molecule has 0 aliphatic carbocycles. The maximum atomic E-state index is 11.8. The van der Waals surface area contributed by atoms with E-state index in [1.54, 1.807) is 18.4 Å². The Morgan fingerprint density at radius 2 is 2.50 bits per heavy atom. The van der Waals surface area contributed by atoms with Crippen LogP contribution in [0.15, 0.2) is 23.0 Å². The van der Waals surface area contributed by atoms with Crippen molar-refractivity contribution in [3.05, 3.63) is 28.8 Å². The van der Waals surface area contributed by atoms with Crippen molar-refractivity contribution < 1.29 is 4.79 Å². The zero-order chi connectivity index (χ0) is 12.5. The van der Waals surface area contributed by atoms with Crippen LogP contribution in [0.1, 0.15) is 12.2 Å². The summed E-state index contributed by atoms with van der Waals surface area (Å²) in [6.45, 7) is 0.736. The number of aryl methyl sites for hydroxylation is 1. The van der Waals surface area contributed by atoms with Crippen molar-refractivity contribution in [2.24, 2.45) is 5.92 Å². The largest absolute Gasteiger partial charge is 0.359 e. The van der Waals surface area contributed by atoms with E-state index in [4.69, 9.17) is 0 Å². The van der Waals surface area contributed by atoms with Crippen molar-refractivity contribution in [1.29, 1.82) is 0 Å². The van der Waals surface area contributed by atoms with Gasteiger partial charge in [-0.15, -0.1) is 0 Å². The number of fused-ring (bicyclic) bond motifs is 1. The second kappa shape index (κ2) is 4.57. The Morgan fingerprint density at radius 3 is 3.22 bits per heavy atom. The zero-order valence-corrected chi connectivity index (χ0v) is 11.0. The number of aromatic nitrogens is 2.